The third-order valence-electron chi connectivity index (χ3n) is 6.13. The van der Waals surface area contributed by atoms with E-state index in [1.807, 2.05) is 12.1 Å². The highest BCUT2D eigenvalue weighted by atomic mass is 35.5. The zero-order valence-corrected chi connectivity index (χ0v) is 23.6. The third-order valence-corrected chi connectivity index (χ3v) is 6.69. The lowest BCUT2D eigenvalue weighted by atomic mass is 9.80. The van der Waals surface area contributed by atoms with Crippen molar-refractivity contribution in [3.63, 3.8) is 0 Å². The predicted octanol–water partition coefficient (Wildman–Crippen LogP) is 5.26. The second-order valence-corrected chi connectivity index (χ2v) is 9.32. The van der Waals surface area contributed by atoms with Crippen LogP contribution in [0, 0.1) is 0 Å². The molecule has 2 aromatic carbocycles. The Morgan fingerprint density at radius 3 is 2.05 bits per heavy atom. The van der Waals surface area contributed by atoms with Gasteiger partial charge in [-0.25, -0.2) is 19.4 Å². The van der Waals surface area contributed by atoms with Crippen molar-refractivity contribution < 1.29 is 28.6 Å². The van der Waals surface area contributed by atoms with Crippen molar-refractivity contribution in [3.05, 3.63) is 93.0 Å². The number of carbonyl (C=O) groups excluding carboxylic acids is 3. The number of fused-ring (bicyclic) bond motifs is 1. The summed E-state index contributed by atoms with van der Waals surface area (Å²) in [5.41, 5.74) is 7.33. The van der Waals surface area contributed by atoms with Crippen LogP contribution in [0.2, 0.25) is 10.2 Å². The van der Waals surface area contributed by atoms with Gasteiger partial charge in [-0.3, -0.25) is 4.90 Å². The summed E-state index contributed by atoms with van der Waals surface area (Å²) in [6, 6.07) is 15.2. The van der Waals surface area contributed by atoms with Gasteiger partial charge in [-0.2, -0.15) is 0 Å². The number of nitrogens with two attached hydrogens (primary N) is 1. The van der Waals surface area contributed by atoms with Crippen LogP contribution in [0.15, 0.2) is 77.3 Å². The minimum atomic E-state index is -1.27. The summed E-state index contributed by atoms with van der Waals surface area (Å²) in [6.07, 6.45) is 0. The summed E-state index contributed by atoms with van der Waals surface area (Å²) >= 11 is 12.8. The first-order valence-electron chi connectivity index (χ1n) is 12.6. The molecule has 3 aromatic rings. The predicted molar refractivity (Wildman–Crippen MR) is 152 cm³/mol. The van der Waals surface area contributed by atoms with Crippen LogP contribution in [0.3, 0.4) is 0 Å². The molecule has 1 aromatic heterocycles. The Balaban J connectivity index is 2.14. The molecule has 40 heavy (non-hydrogen) atoms. The molecule has 0 spiro atoms. The normalized spacial score (nSPS) is 15.3. The molecule has 0 fully saturated rings. The number of halogens is 2. The molecule has 1 atom stereocenters. The van der Waals surface area contributed by atoms with Gasteiger partial charge in [0.1, 0.15) is 16.7 Å². The summed E-state index contributed by atoms with van der Waals surface area (Å²) in [6.45, 7) is 4.91. The number of anilines is 1. The largest absolute Gasteiger partial charge is 0.463 e. The molecule has 1 unspecified atom stereocenters. The molecule has 2 heterocycles. The number of esters is 3. The summed E-state index contributed by atoms with van der Waals surface area (Å²) in [7, 11) is 0. The van der Waals surface area contributed by atoms with Gasteiger partial charge in [-0.15, -0.1) is 0 Å². The average Bonchev–Trinajstić information content (AvgIpc) is 2.93. The first kappa shape index (κ1) is 28.9. The Hall–Kier alpha value is -4.08. The number of benzene rings is 2. The van der Waals surface area contributed by atoms with E-state index in [4.69, 9.17) is 43.1 Å². The van der Waals surface area contributed by atoms with Crippen LogP contribution in [0.4, 0.5) is 5.69 Å². The lowest BCUT2D eigenvalue weighted by molar-refractivity contribution is -0.142. The van der Waals surface area contributed by atoms with Crippen molar-refractivity contribution in [1.82, 2.24) is 4.98 Å². The van der Waals surface area contributed by atoms with Crippen molar-refractivity contribution in [2.75, 3.05) is 24.7 Å². The third kappa shape index (κ3) is 5.48. The van der Waals surface area contributed by atoms with Gasteiger partial charge in [0.05, 0.1) is 42.4 Å². The lowest BCUT2D eigenvalue weighted by Crippen LogP contribution is -2.43. The first-order valence-corrected chi connectivity index (χ1v) is 13.3. The van der Waals surface area contributed by atoms with Crippen LogP contribution < -0.4 is 10.6 Å². The molecule has 208 valence electrons. The second-order valence-electron chi connectivity index (χ2n) is 8.53. The monoisotopic (exact) mass is 583 g/mol. The van der Waals surface area contributed by atoms with Gasteiger partial charge < -0.3 is 19.9 Å². The lowest BCUT2D eigenvalue weighted by Gasteiger charge is -2.37. The molecule has 11 heteroatoms. The highest BCUT2D eigenvalue weighted by molar-refractivity contribution is 6.31. The van der Waals surface area contributed by atoms with Crippen molar-refractivity contribution in [2.24, 2.45) is 5.73 Å². The fourth-order valence-electron chi connectivity index (χ4n) is 4.53. The van der Waals surface area contributed by atoms with Crippen LogP contribution >= 0.6 is 23.2 Å². The maximum absolute atomic E-state index is 13.7. The van der Waals surface area contributed by atoms with Crippen LogP contribution in [0.1, 0.15) is 32.3 Å². The number of ether oxygens (including phenoxy) is 3. The molecular formula is C29H27Cl2N3O6. The maximum atomic E-state index is 13.7. The molecule has 4 rings (SSSR count). The molecular weight excluding hydrogens is 557 g/mol. The smallest absolute Gasteiger partial charge is 0.355 e. The average molecular weight is 584 g/mol. The summed E-state index contributed by atoms with van der Waals surface area (Å²) < 4.78 is 16.2. The number of hydrogen-bond donors (Lipinski definition) is 1. The van der Waals surface area contributed by atoms with Gasteiger partial charge in [-0.05, 0) is 57.2 Å². The molecule has 0 saturated heterocycles. The van der Waals surface area contributed by atoms with E-state index in [1.165, 1.54) is 4.90 Å². The minimum absolute atomic E-state index is 0.00301. The van der Waals surface area contributed by atoms with E-state index < -0.39 is 23.8 Å². The minimum Gasteiger partial charge on any atom is -0.463 e. The molecule has 2 N–H and O–H groups in total. The highest BCUT2D eigenvalue weighted by Gasteiger charge is 2.46. The van der Waals surface area contributed by atoms with Crippen LogP contribution in [0.5, 0.6) is 0 Å². The quantitative estimate of drug-likeness (QED) is 0.215. The van der Waals surface area contributed by atoms with E-state index in [-0.39, 0.29) is 53.2 Å². The molecule has 0 radical (unpaired) electrons. The van der Waals surface area contributed by atoms with Gasteiger partial charge in [0.25, 0.3) is 0 Å². The van der Waals surface area contributed by atoms with Gasteiger partial charge in [0.2, 0.25) is 0 Å². The van der Waals surface area contributed by atoms with Crippen LogP contribution in [-0.2, 0) is 28.6 Å². The first-order chi connectivity index (χ1) is 19.2. The number of hydrogen-bond acceptors (Lipinski definition) is 9. The molecule has 0 aliphatic carbocycles. The second kappa shape index (κ2) is 12.4. The summed E-state index contributed by atoms with van der Waals surface area (Å²) in [5.74, 6) is -3.97. The molecule has 9 nitrogen and oxygen atoms in total. The van der Waals surface area contributed by atoms with Gasteiger partial charge in [0.15, 0.2) is 0 Å². The fraction of sp³-hybridized carbons (Fsp3) is 0.241. The number of carbonyl (C=O) groups is 3. The fourth-order valence-corrected chi connectivity index (χ4v) is 4.91. The zero-order chi connectivity index (χ0) is 29.0. The number of aromatic nitrogens is 1. The van der Waals surface area contributed by atoms with E-state index >= 15 is 0 Å². The highest BCUT2D eigenvalue weighted by Crippen LogP contribution is 2.46. The Labute approximate surface area is 241 Å². The molecule has 1 aliphatic heterocycles. The van der Waals surface area contributed by atoms with E-state index in [2.05, 4.69) is 4.98 Å². The van der Waals surface area contributed by atoms with Crippen LogP contribution in [-0.4, -0.2) is 42.7 Å². The Morgan fingerprint density at radius 2 is 1.43 bits per heavy atom. The Morgan fingerprint density at radius 1 is 0.850 bits per heavy atom. The number of nitrogens with zero attached hydrogens (tertiary/aromatic N) is 2. The van der Waals surface area contributed by atoms with Crippen molar-refractivity contribution in [2.45, 2.75) is 26.7 Å². The SMILES string of the molecule is CCOC(=O)C1=C(N)N(c2ccc(Cl)cc2)C(C(=O)OCC)=C(C(=O)OCC)C1c1cc2ccccc2nc1Cl. The van der Waals surface area contributed by atoms with Gasteiger partial charge in [-0.1, -0.05) is 41.4 Å². The maximum Gasteiger partial charge on any atom is 0.355 e. The van der Waals surface area contributed by atoms with E-state index in [1.54, 1.807) is 63.2 Å². The topological polar surface area (TPSA) is 121 Å². The van der Waals surface area contributed by atoms with E-state index in [0.29, 0.717) is 21.6 Å². The molecule has 0 saturated carbocycles. The number of rotatable bonds is 8. The Bertz CT molecular complexity index is 1530. The number of para-hydroxylation sites is 1. The van der Waals surface area contributed by atoms with Crippen molar-refractivity contribution in [3.8, 4) is 0 Å². The van der Waals surface area contributed by atoms with Crippen LogP contribution in [0.25, 0.3) is 10.9 Å². The standard InChI is InChI=1S/C29H27Cl2N3O6/c1-4-38-27(35)22-21(19-15-16-9-7-8-10-20(16)33-25(19)31)23(28(36)39-5-2)26(32)34(24(22)29(37)40-6-3)18-13-11-17(30)12-14-18/h7-15,21H,4-6,32H2,1-3H3. The summed E-state index contributed by atoms with van der Waals surface area (Å²) in [5, 5.41) is 1.11. The van der Waals surface area contributed by atoms with E-state index in [9.17, 15) is 14.4 Å². The molecule has 1 aliphatic rings. The van der Waals surface area contributed by atoms with Crippen molar-refractivity contribution in [1.29, 1.82) is 0 Å². The Kier molecular flexibility index (Phi) is 8.96. The number of pyridine rings is 1. The van der Waals surface area contributed by atoms with E-state index in [0.717, 1.165) is 0 Å². The molecule has 0 amide bonds. The van der Waals surface area contributed by atoms with Crippen molar-refractivity contribution >= 4 is 57.7 Å². The summed E-state index contributed by atoms with van der Waals surface area (Å²) in [4.78, 5) is 46.6. The van der Waals surface area contributed by atoms with Gasteiger partial charge in [0, 0.05) is 21.7 Å². The van der Waals surface area contributed by atoms with Gasteiger partial charge >= 0.3 is 17.9 Å². The zero-order valence-electron chi connectivity index (χ0n) is 22.1. The molecule has 0 bridgehead atoms.